The van der Waals surface area contributed by atoms with Gasteiger partial charge in [0, 0.05) is 22.9 Å². The first kappa shape index (κ1) is 21.7. The summed E-state index contributed by atoms with van der Waals surface area (Å²) >= 11 is 0. The highest BCUT2D eigenvalue weighted by atomic mass is 35.5. The number of aliphatic hydroxyl groups is 1. The van der Waals surface area contributed by atoms with Crippen molar-refractivity contribution in [2.75, 3.05) is 13.6 Å². The Labute approximate surface area is 152 Å². The zero-order valence-electron chi connectivity index (χ0n) is 13.9. The van der Waals surface area contributed by atoms with Crippen LogP contribution >= 0.6 is 12.4 Å². The number of phenolic OH excluding ortho intramolecular Hbond substituents is 1. The van der Waals surface area contributed by atoms with E-state index < -0.39 is 6.10 Å². The molecule has 2 aliphatic heterocycles. The number of hydrogen-bond acceptors (Lipinski definition) is 4. The molecule has 0 unspecified atom stereocenters. The number of halogens is 1. The van der Waals surface area contributed by atoms with Crippen molar-refractivity contribution < 1.29 is 31.4 Å². The maximum atomic E-state index is 10.4. The van der Waals surface area contributed by atoms with Crippen molar-refractivity contribution in [1.82, 2.24) is 4.90 Å². The van der Waals surface area contributed by atoms with Crippen LogP contribution in [0.4, 0.5) is 0 Å². The first-order valence-electron chi connectivity index (χ1n) is 7.71. The standard InChI is InChI=1S/C17H19NO3.ClH.3H2O/c1-18-7-6-17-10-3-5-13(20)16(17)21-15-12(19)4-2-9(14(15)17)8-11(10)18;;;;/h2-5,10-11,13,16,19-20H,6-8H2,1H3;1H;3*1H2/t10-,11+,13-,16-,17-;;;;/m0..../s1. The van der Waals surface area contributed by atoms with Crippen LogP contribution in [-0.4, -0.2) is 63.4 Å². The number of aliphatic hydroxyl groups excluding tert-OH is 1. The number of benzene rings is 1. The second-order valence-electron chi connectivity index (χ2n) is 6.93. The Morgan fingerprint density at radius 1 is 1.20 bits per heavy atom. The minimum Gasteiger partial charge on any atom is -0.504 e. The maximum Gasteiger partial charge on any atom is 0.165 e. The molecule has 5 rings (SSSR count). The summed E-state index contributed by atoms with van der Waals surface area (Å²) in [6.45, 7) is 1.01. The molecule has 1 spiro atoms. The molecule has 1 saturated heterocycles. The number of likely N-dealkylation sites (tertiary alicyclic amines) is 1. The van der Waals surface area contributed by atoms with Crippen LogP contribution in [0.3, 0.4) is 0 Å². The van der Waals surface area contributed by atoms with Gasteiger partial charge in [0.15, 0.2) is 11.5 Å². The molecule has 0 saturated carbocycles. The first-order valence-corrected chi connectivity index (χ1v) is 7.71. The van der Waals surface area contributed by atoms with Crippen molar-refractivity contribution in [3.8, 4) is 11.5 Å². The predicted octanol–water partition coefficient (Wildman–Crippen LogP) is -0.854. The molecule has 0 amide bonds. The molecule has 4 aliphatic rings. The number of rotatable bonds is 0. The second kappa shape index (κ2) is 6.75. The number of phenols is 1. The van der Waals surface area contributed by atoms with Gasteiger partial charge in [-0.25, -0.2) is 0 Å². The number of piperidine rings is 1. The fourth-order valence-electron chi connectivity index (χ4n) is 5.24. The average Bonchev–Trinajstić information content (AvgIpc) is 2.83. The summed E-state index contributed by atoms with van der Waals surface area (Å²) in [5, 5.41) is 20.6. The number of hydrogen-bond donors (Lipinski definition) is 2. The largest absolute Gasteiger partial charge is 0.504 e. The monoisotopic (exact) mass is 375 g/mol. The van der Waals surface area contributed by atoms with E-state index in [2.05, 4.69) is 18.0 Å². The van der Waals surface area contributed by atoms with E-state index >= 15 is 0 Å². The molecule has 25 heavy (non-hydrogen) atoms. The van der Waals surface area contributed by atoms with Crippen LogP contribution in [0.1, 0.15) is 17.5 Å². The van der Waals surface area contributed by atoms with Gasteiger partial charge in [-0.05, 0) is 38.1 Å². The Hall–Kier alpha value is -1.35. The number of aromatic hydroxyl groups is 1. The van der Waals surface area contributed by atoms with Gasteiger partial charge in [-0.2, -0.15) is 0 Å². The van der Waals surface area contributed by atoms with E-state index in [1.54, 1.807) is 6.07 Å². The topological polar surface area (TPSA) is 147 Å². The predicted molar refractivity (Wildman–Crippen MR) is 95.7 cm³/mol. The van der Waals surface area contributed by atoms with Crippen LogP contribution in [0.25, 0.3) is 0 Å². The Bertz CT molecular complexity index is 683. The third-order valence-electron chi connectivity index (χ3n) is 6.15. The highest BCUT2D eigenvalue weighted by Gasteiger charge is 2.64. The normalized spacial score (nSPS) is 35.8. The Morgan fingerprint density at radius 3 is 2.64 bits per heavy atom. The average molecular weight is 376 g/mol. The van der Waals surface area contributed by atoms with E-state index in [1.807, 2.05) is 12.1 Å². The van der Waals surface area contributed by atoms with E-state index in [1.165, 1.54) is 11.1 Å². The lowest BCUT2D eigenvalue weighted by Gasteiger charge is -2.56. The van der Waals surface area contributed by atoms with Crippen LogP contribution in [0.15, 0.2) is 24.3 Å². The van der Waals surface area contributed by atoms with Gasteiger partial charge in [0.25, 0.3) is 0 Å². The summed E-state index contributed by atoms with van der Waals surface area (Å²) < 4.78 is 6.09. The third kappa shape index (κ3) is 2.31. The molecule has 8 N–H and O–H groups in total. The van der Waals surface area contributed by atoms with Crippen molar-refractivity contribution >= 4 is 12.4 Å². The zero-order valence-corrected chi connectivity index (χ0v) is 14.7. The SMILES string of the molecule is CN1CC[C@]23c4c5ccc(O)c4O[C@H]2[C@@H](O)C=C[C@H]3[C@H]1C5.Cl.O.O.O. The summed E-state index contributed by atoms with van der Waals surface area (Å²) in [6, 6.07) is 4.23. The zero-order chi connectivity index (χ0) is 14.4. The van der Waals surface area contributed by atoms with Crippen LogP contribution < -0.4 is 4.74 Å². The minimum absolute atomic E-state index is 0. The van der Waals surface area contributed by atoms with Crippen LogP contribution in [0.5, 0.6) is 11.5 Å². The molecular formula is C17H26ClNO6. The van der Waals surface area contributed by atoms with Crippen molar-refractivity contribution in [3.05, 3.63) is 35.4 Å². The molecule has 0 radical (unpaired) electrons. The molecule has 142 valence electrons. The molecule has 1 aromatic carbocycles. The second-order valence-corrected chi connectivity index (χ2v) is 6.93. The molecule has 8 heteroatoms. The van der Waals surface area contributed by atoms with Gasteiger partial charge in [0.05, 0.1) is 0 Å². The van der Waals surface area contributed by atoms with Gasteiger partial charge < -0.3 is 36.3 Å². The summed E-state index contributed by atoms with van der Waals surface area (Å²) in [4.78, 5) is 2.43. The first-order chi connectivity index (χ1) is 10.1. The van der Waals surface area contributed by atoms with Crippen molar-refractivity contribution in [3.63, 3.8) is 0 Å². The molecule has 0 aromatic heterocycles. The van der Waals surface area contributed by atoms with Gasteiger partial charge >= 0.3 is 0 Å². The van der Waals surface area contributed by atoms with E-state index in [9.17, 15) is 10.2 Å². The molecule has 2 bridgehead atoms. The minimum atomic E-state index is -0.594. The Morgan fingerprint density at radius 2 is 1.92 bits per heavy atom. The summed E-state index contributed by atoms with van der Waals surface area (Å²) in [5.74, 6) is 1.19. The van der Waals surface area contributed by atoms with E-state index in [0.29, 0.717) is 17.7 Å². The maximum absolute atomic E-state index is 10.4. The van der Waals surface area contributed by atoms with Crippen LogP contribution in [-0.2, 0) is 11.8 Å². The van der Waals surface area contributed by atoms with Crippen molar-refractivity contribution in [2.45, 2.75) is 36.5 Å². The van der Waals surface area contributed by atoms with Gasteiger partial charge in [-0.3, -0.25) is 0 Å². The van der Waals surface area contributed by atoms with Gasteiger partial charge in [-0.1, -0.05) is 18.2 Å². The molecule has 1 aromatic rings. The summed E-state index contributed by atoms with van der Waals surface area (Å²) in [7, 11) is 2.19. The summed E-state index contributed by atoms with van der Waals surface area (Å²) in [6.07, 6.45) is 5.18. The fraction of sp³-hybridized carbons (Fsp3) is 0.529. The highest BCUT2D eigenvalue weighted by Crippen LogP contribution is 2.62. The molecule has 1 fully saturated rings. The van der Waals surface area contributed by atoms with Crippen molar-refractivity contribution in [2.24, 2.45) is 5.92 Å². The van der Waals surface area contributed by atoms with E-state index in [-0.39, 0.29) is 46.1 Å². The molecule has 5 atom stereocenters. The lowest BCUT2D eigenvalue weighted by molar-refractivity contribution is -0.0453. The third-order valence-corrected chi connectivity index (χ3v) is 6.15. The smallest absolute Gasteiger partial charge is 0.165 e. The van der Waals surface area contributed by atoms with E-state index in [4.69, 9.17) is 4.74 Å². The molecule has 7 nitrogen and oxygen atoms in total. The van der Waals surface area contributed by atoms with Crippen LogP contribution in [0, 0.1) is 5.92 Å². The quantitative estimate of drug-likeness (QED) is 0.568. The fourth-order valence-corrected chi connectivity index (χ4v) is 5.24. The van der Waals surface area contributed by atoms with Crippen molar-refractivity contribution in [1.29, 1.82) is 0 Å². The Kier molecular flexibility index (Phi) is 5.86. The lowest BCUT2D eigenvalue weighted by atomic mass is 9.53. The van der Waals surface area contributed by atoms with Gasteiger partial charge in [-0.15, -0.1) is 12.4 Å². The van der Waals surface area contributed by atoms with Gasteiger partial charge in [0.2, 0.25) is 0 Å². The molecular weight excluding hydrogens is 350 g/mol. The number of likely N-dealkylation sites (N-methyl/N-ethyl adjacent to an activating group) is 1. The van der Waals surface area contributed by atoms with Gasteiger partial charge in [0.1, 0.15) is 12.2 Å². The Balaban J connectivity index is 0.000000781. The highest BCUT2D eigenvalue weighted by molar-refractivity contribution is 5.85. The summed E-state index contributed by atoms with van der Waals surface area (Å²) in [5.41, 5.74) is 2.29. The lowest BCUT2D eigenvalue weighted by Crippen LogP contribution is -2.64. The number of nitrogens with zero attached hydrogens (tertiary/aromatic N) is 1. The van der Waals surface area contributed by atoms with E-state index in [0.717, 1.165) is 19.4 Å². The molecule has 2 aliphatic carbocycles. The molecule has 2 heterocycles. The van der Waals surface area contributed by atoms with Crippen LogP contribution in [0.2, 0.25) is 0 Å². The number of ether oxygens (including phenoxy) is 1.